The first kappa shape index (κ1) is 14.2. The molecule has 3 N–H and O–H groups in total. The number of fused-ring (bicyclic) bond motifs is 1. The van der Waals surface area contributed by atoms with Gasteiger partial charge in [-0.3, -0.25) is 0 Å². The standard InChI is InChI=1S/C15H24N2O2/c1-15(2,11-17-7-3-6-16)12-4-5-13-14(10-12)19-9-8-18-13/h4-5,10,17H,3,6-9,11,16H2,1-2H3. The molecule has 4 heteroatoms. The van der Waals surface area contributed by atoms with E-state index in [9.17, 15) is 0 Å². The number of nitrogens with one attached hydrogen (secondary N) is 1. The fourth-order valence-corrected chi connectivity index (χ4v) is 2.19. The van der Waals surface area contributed by atoms with E-state index in [2.05, 4.69) is 31.3 Å². The highest BCUT2D eigenvalue weighted by atomic mass is 16.6. The number of nitrogens with two attached hydrogens (primary N) is 1. The zero-order valence-corrected chi connectivity index (χ0v) is 11.9. The topological polar surface area (TPSA) is 56.5 Å². The Hall–Kier alpha value is -1.26. The monoisotopic (exact) mass is 264 g/mol. The van der Waals surface area contributed by atoms with Crippen LogP contribution in [-0.4, -0.2) is 32.8 Å². The van der Waals surface area contributed by atoms with Crippen molar-refractivity contribution in [2.75, 3.05) is 32.8 Å². The zero-order valence-electron chi connectivity index (χ0n) is 11.9. The summed E-state index contributed by atoms with van der Waals surface area (Å²) < 4.78 is 11.2. The minimum Gasteiger partial charge on any atom is -0.486 e. The minimum absolute atomic E-state index is 0.0600. The molecule has 1 heterocycles. The van der Waals surface area contributed by atoms with Crippen LogP contribution in [0.1, 0.15) is 25.8 Å². The van der Waals surface area contributed by atoms with Gasteiger partial charge in [0.2, 0.25) is 0 Å². The van der Waals surface area contributed by atoms with Gasteiger partial charge >= 0.3 is 0 Å². The quantitative estimate of drug-likeness (QED) is 0.768. The largest absolute Gasteiger partial charge is 0.486 e. The van der Waals surface area contributed by atoms with Gasteiger partial charge in [0, 0.05) is 12.0 Å². The van der Waals surface area contributed by atoms with Crippen LogP contribution in [0.25, 0.3) is 0 Å². The number of hydrogen-bond acceptors (Lipinski definition) is 4. The summed E-state index contributed by atoms with van der Waals surface area (Å²) in [6.07, 6.45) is 1.01. The molecule has 4 nitrogen and oxygen atoms in total. The van der Waals surface area contributed by atoms with Crippen molar-refractivity contribution in [3.63, 3.8) is 0 Å². The molecule has 1 aromatic carbocycles. The summed E-state index contributed by atoms with van der Waals surface area (Å²) in [5, 5.41) is 3.45. The van der Waals surface area contributed by atoms with Crippen molar-refractivity contribution in [1.29, 1.82) is 0 Å². The predicted octanol–water partition coefficient (Wildman–Crippen LogP) is 1.67. The Morgan fingerprint density at radius 1 is 1.21 bits per heavy atom. The molecule has 0 radical (unpaired) electrons. The van der Waals surface area contributed by atoms with Crippen molar-refractivity contribution in [3.05, 3.63) is 23.8 Å². The van der Waals surface area contributed by atoms with Crippen molar-refractivity contribution >= 4 is 0 Å². The van der Waals surface area contributed by atoms with Crippen LogP contribution in [0.3, 0.4) is 0 Å². The summed E-state index contributed by atoms with van der Waals surface area (Å²) >= 11 is 0. The van der Waals surface area contributed by atoms with Crippen LogP contribution in [0.5, 0.6) is 11.5 Å². The maximum Gasteiger partial charge on any atom is 0.161 e. The number of rotatable bonds is 6. The first-order valence-corrected chi connectivity index (χ1v) is 6.94. The van der Waals surface area contributed by atoms with E-state index in [1.165, 1.54) is 5.56 Å². The van der Waals surface area contributed by atoms with Gasteiger partial charge in [0.15, 0.2) is 11.5 Å². The van der Waals surface area contributed by atoms with Gasteiger partial charge in [-0.2, -0.15) is 0 Å². The smallest absolute Gasteiger partial charge is 0.161 e. The highest BCUT2D eigenvalue weighted by Crippen LogP contribution is 2.34. The molecule has 0 aromatic heterocycles. The van der Waals surface area contributed by atoms with Crippen LogP contribution in [0.2, 0.25) is 0 Å². The average Bonchev–Trinajstić information content (AvgIpc) is 2.43. The average molecular weight is 264 g/mol. The maximum absolute atomic E-state index is 5.64. The van der Waals surface area contributed by atoms with Crippen LogP contribution in [-0.2, 0) is 5.41 Å². The van der Waals surface area contributed by atoms with Gasteiger partial charge in [-0.15, -0.1) is 0 Å². The Morgan fingerprint density at radius 3 is 2.68 bits per heavy atom. The Kier molecular flexibility index (Phi) is 4.66. The third-order valence-corrected chi connectivity index (χ3v) is 3.45. The summed E-state index contributed by atoms with van der Waals surface area (Å²) in [6.45, 7) is 8.35. The molecule has 0 atom stereocenters. The van der Waals surface area contributed by atoms with Crippen molar-refractivity contribution in [2.24, 2.45) is 5.73 Å². The van der Waals surface area contributed by atoms with E-state index >= 15 is 0 Å². The van der Waals surface area contributed by atoms with Gasteiger partial charge < -0.3 is 20.5 Å². The van der Waals surface area contributed by atoms with Crippen molar-refractivity contribution in [1.82, 2.24) is 5.32 Å². The highest BCUT2D eigenvalue weighted by Gasteiger charge is 2.22. The normalized spacial score (nSPS) is 14.5. The summed E-state index contributed by atoms with van der Waals surface area (Å²) in [6, 6.07) is 6.22. The first-order valence-electron chi connectivity index (χ1n) is 6.94. The van der Waals surface area contributed by atoms with E-state index in [1.807, 2.05) is 6.07 Å². The van der Waals surface area contributed by atoms with E-state index in [1.54, 1.807) is 0 Å². The molecule has 19 heavy (non-hydrogen) atoms. The molecular formula is C15H24N2O2. The van der Waals surface area contributed by atoms with Gasteiger partial charge in [0.25, 0.3) is 0 Å². The number of benzene rings is 1. The molecule has 0 spiro atoms. The summed E-state index contributed by atoms with van der Waals surface area (Å²) in [5.74, 6) is 1.71. The lowest BCUT2D eigenvalue weighted by Crippen LogP contribution is -2.34. The summed E-state index contributed by atoms with van der Waals surface area (Å²) in [4.78, 5) is 0. The Morgan fingerprint density at radius 2 is 1.95 bits per heavy atom. The summed E-state index contributed by atoms with van der Waals surface area (Å²) in [7, 11) is 0. The van der Waals surface area contributed by atoms with Crippen molar-refractivity contribution in [3.8, 4) is 11.5 Å². The third kappa shape index (κ3) is 3.61. The van der Waals surface area contributed by atoms with Crippen LogP contribution < -0.4 is 20.5 Å². The van der Waals surface area contributed by atoms with E-state index in [0.717, 1.165) is 37.6 Å². The molecule has 1 aliphatic rings. The SMILES string of the molecule is CC(C)(CNCCCN)c1ccc2c(c1)OCCO2. The first-order chi connectivity index (χ1) is 9.13. The van der Waals surface area contributed by atoms with Gasteiger partial charge in [-0.05, 0) is 37.2 Å². The molecule has 0 amide bonds. The van der Waals surface area contributed by atoms with Crippen molar-refractivity contribution < 1.29 is 9.47 Å². The molecule has 0 fully saturated rings. The van der Waals surface area contributed by atoms with E-state index in [0.29, 0.717) is 13.2 Å². The van der Waals surface area contributed by atoms with Gasteiger partial charge in [-0.25, -0.2) is 0 Å². The Balaban J connectivity index is 2.03. The van der Waals surface area contributed by atoms with Crippen LogP contribution in [0.15, 0.2) is 18.2 Å². The Bertz CT molecular complexity index is 419. The molecule has 2 rings (SSSR count). The van der Waals surface area contributed by atoms with E-state index in [-0.39, 0.29) is 5.41 Å². The molecule has 0 saturated carbocycles. The fourth-order valence-electron chi connectivity index (χ4n) is 2.19. The van der Waals surface area contributed by atoms with Crippen LogP contribution >= 0.6 is 0 Å². The molecule has 1 aromatic rings. The lowest BCUT2D eigenvalue weighted by atomic mass is 9.84. The number of ether oxygens (including phenoxy) is 2. The summed E-state index contributed by atoms with van der Waals surface area (Å²) in [5.41, 5.74) is 6.82. The van der Waals surface area contributed by atoms with Gasteiger partial charge in [-0.1, -0.05) is 19.9 Å². The molecule has 0 bridgehead atoms. The van der Waals surface area contributed by atoms with Gasteiger partial charge in [0.1, 0.15) is 13.2 Å². The van der Waals surface area contributed by atoms with E-state index < -0.39 is 0 Å². The molecule has 0 unspecified atom stereocenters. The lowest BCUT2D eigenvalue weighted by Gasteiger charge is -2.28. The van der Waals surface area contributed by atoms with E-state index in [4.69, 9.17) is 15.2 Å². The zero-order chi connectivity index (χ0) is 13.7. The molecule has 1 aliphatic heterocycles. The fraction of sp³-hybridized carbons (Fsp3) is 0.600. The molecule has 0 aliphatic carbocycles. The number of hydrogen-bond donors (Lipinski definition) is 2. The van der Waals surface area contributed by atoms with Crippen molar-refractivity contribution in [2.45, 2.75) is 25.7 Å². The lowest BCUT2D eigenvalue weighted by molar-refractivity contribution is 0.171. The Labute approximate surface area is 115 Å². The predicted molar refractivity (Wildman–Crippen MR) is 77.0 cm³/mol. The minimum atomic E-state index is 0.0600. The van der Waals surface area contributed by atoms with Crippen LogP contribution in [0.4, 0.5) is 0 Å². The molecular weight excluding hydrogens is 240 g/mol. The van der Waals surface area contributed by atoms with Crippen LogP contribution in [0, 0.1) is 0 Å². The third-order valence-electron chi connectivity index (χ3n) is 3.45. The second kappa shape index (κ2) is 6.26. The molecule has 0 saturated heterocycles. The van der Waals surface area contributed by atoms with Gasteiger partial charge in [0.05, 0.1) is 0 Å². The highest BCUT2D eigenvalue weighted by molar-refractivity contribution is 5.45. The maximum atomic E-state index is 5.64. The second-order valence-corrected chi connectivity index (χ2v) is 5.56. The second-order valence-electron chi connectivity index (χ2n) is 5.56. The molecule has 106 valence electrons.